The van der Waals surface area contributed by atoms with E-state index in [0.29, 0.717) is 0 Å². The lowest BCUT2D eigenvalue weighted by Gasteiger charge is -2.41. The third-order valence-electron chi connectivity index (χ3n) is 4.05. The highest BCUT2D eigenvalue weighted by Gasteiger charge is 2.32. The lowest BCUT2D eigenvalue weighted by Crippen LogP contribution is -2.46. The Balaban J connectivity index is 1.83. The second-order valence-electron chi connectivity index (χ2n) is 5.55. The van der Waals surface area contributed by atoms with Gasteiger partial charge in [-0.25, -0.2) is 0 Å². The Morgan fingerprint density at radius 3 is 2.95 bits per heavy atom. The Bertz CT molecular complexity index is 707. The number of hydrogen-bond donors (Lipinski definition) is 1. The molecule has 1 atom stereocenters. The van der Waals surface area contributed by atoms with Gasteiger partial charge in [-0.2, -0.15) is 0 Å². The van der Waals surface area contributed by atoms with Gasteiger partial charge in [-0.3, -0.25) is 9.98 Å². The molecule has 1 aromatic carbocycles. The van der Waals surface area contributed by atoms with Crippen molar-refractivity contribution >= 4 is 11.5 Å². The first-order valence-corrected chi connectivity index (χ1v) is 7.43. The van der Waals surface area contributed by atoms with Crippen molar-refractivity contribution in [3.63, 3.8) is 0 Å². The fourth-order valence-corrected chi connectivity index (χ4v) is 3.09. The number of fused-ring (bicyclic) bond motifs is 3. The maximum atomic E-state index is 4.77. The van der Waals surface area contributed by atoms with Crippen LogP contribution in [0.5, 0.6) is 0 Å². The first kappa shape index (κ1) is 12.4. The highest BCUT2D eigenvalue weighted by Crippen LogP contribution is 2.34. The van der Waals surface area contributed by atoms with Crippen LogP contribution in [0.1, 0.15) is 29.5 Å². The molecule has 1 N–H and O–H groups in total. The molecule has 3 heterocycles. The zero-order chi connectivity index (χ0) is 14.2. The van der Waals surface area contributed by atoms with Crippen LogP contribution in [0.3, 0.4) is 0 Å². The quantitative estimate of drug-likeness (QED) is 0.872. The van der Waals surface area contributed by atoms with Crippen molar-refractivity contribution < 1.29 is 0 Å². The molecule has 0 saturated carbocycles. The standard InChI is InChI=1S/C17H18N4/c1-12-6-4-9-15(19-12)17-20-14-8-3-2-7-13(14)16-18-10-5-11-21(16)17/h2-4,6-9,17,20H,5,10-11H2,1H3. The van der Waals surface area contributed by atoms with E-state index < -0.39 is 0 Å². The molecule has 106 valence electrons. The van der Waals surface area contributed by atoms with Crippen molar-refractivity contribution in [3.8, 4) is 0 Å². The van der Waals surface area contributed by atoms with E-state index in [1.165, 1.54) is 5.56 Å². The Morgan fingerprint density at radius 1 is 1.14 bits per heavy atom. The number of rotatable bonds is 1. The molecule has 2 aliphatic heterocycles. The molecule has 4 nitrogen and oxygen atoms in total. The Labute approximate surface area is 124 Å². The molecule has 0 amide bonds. The summed E-state index contributed by atoms with van der Waals surface area (Å²) in [5.41, 5.74) is 4.44. The topological polar surface area (TPSA) is 40.5 Å². The van der Waals surface area contributed by atoms with Gasteiger partial charge in [-0.05, 0) is 37.6 Å². The molecule has 4 heteroatoms. The largest absolute Gasteiger partial charge is 0.360 e. The minimum Gasteiger partial charge on any atom is -0.360 e. The van der Waals surface area contributed by atoms with Crippen LogP contribution < -0.4 is 5.32 Å². The van der Waals surface area contributed by atoms with Crippen LogP contribution in [0.4, 0.5) is 5.69 Å². The molecule has 2 aromatic rings. The molecule has 0 saturated heterocycles. The first-order chi connectivity index (χ1) is 10.3. The van der Waals surface area contributed by atoms with Gasteiger partial charge in [0.15, 0.2) is 0 Å². The average Bonchev–Trinajstić information content (AvgIpc) is 2.54. The summed E-state index contributed by atoms with van der Waals surface area (Å²) in [4.78, 5) is 11.8. The van der Waals surface area contributed by atoms with Gasteiger partial charge in [-0.1, -0.05) is 18.2 Å². The molecular formula is C17H18N4. The van der Waals surface area contributed by atoms with Crippen molar-refractivity contribution in [2.75, 3.05) is 18.4 Å². The number of aryl methyl sites for hydroxylation is 1. The van der Waals surface area contributed by atoms with Gasteiger partial charge in [0.2, 0.25) is 0 Å². The van der Waals surface area contributed by atoms with Gasteiger partial charge in [0, 0.05) is 30.0 Å². The molecule has 0 fully saturated rings. The fourth-order valence-electron chi connectivity index (χ4n) is 3.09. The summed E-state index contributed by atoms with van der Waals surface area (Å²) in [5.74, 6) is 1.10. The second kappa shape index (κ2) is 4.88. The maximum Gasteiger partial charge on any atom is 0.144 e. The highest BCUT2D eigenvalue weighted by molar-refractivity contribution is 6.05. The van der Waals surface area contributed by atoms with Crippen molar-refractivity contribution in [3.05, 3.63) is 59.4 Å². The Hall–Kier alpha value is -2.36. The number of benzene rings is 1. The summed E-state index contributed by atoms with van der Waals surface area (Å²) in [5, 5.41) is 3.62. The smallest absolute Gasteiger partial charge is 0.144 e. The zero-order valence-corrected chi connectivity index (χ0v) is 12.1. The first-order valence-electron chi connectivity index (χ1n) is 7.43. The van der Waals surface area contributed by atoms with E-state index in [4.69, 9.17) is 9.98 Å². The van der Waals surface area contributed by atoms with E-state index >= 15 is 0 Å². The minimum atomic E-state index is 0.0684. The van der Waals surface area contributed by atoms with Crippen LogP contribution in [-0.2, 0) is 0 Å². The normalized spacial score (nSPS) is 20.1. The van der Waals surface area contributed by atoms with Gasteiger partial charge in [0.25, 0.3) is 0 Å². The number of nitrogens with zero attached hydrogens (tertiary/aromatic N) is 3. The van der Waals surface area contributed by atoms with E-state index in [1.54, 1.807) is 0 Å². The molecule has 0 bridgehead atoms. The monoisotopic (exact) mass is 278 g/mol. The van der Waals surface area contributed by atoms with Gasteiger partial charge in [0.05, 0.1) is 5.69 Å². The van der Waals surface area contributed by atoms with E-state index in [1.807, 2.05) is 13.0 Å². The summed E-state index contributed by atoms with van der Waals surface area (Å²) in [6.45, 7) is 3.96. The summed E-state index contributed by atoms with van der Waals surface area (Å²) in [6.07, 6.45) is 1.16. The lowest BCUT2D eigenvalue weighted by atomic mass is 10.0. The molecule has 1 aromatic heterocycles. The van der Waals surface area contributed by atoms with Crippen LogP contribution in [0.15, 0.2) is 47.5 Å². The van der Waals surface area contributed by atoms with Gasteiger partial charge >= 0.3 is 0 Å². The second-order valence-corrected chi connectivity index (χ2v) is 5.55. The predicted molar refractivity (Wildman–Crippen MR) is 84.5 cm³/mol. The third-order valence-corrected chi connectivity index (χ3v) is 4.05. The molecule has 0 radical (unpaired) electrons. The van der Waals surface area contributed by atoms with Crippen molar-refractivity contribution in [1.82, 2.24) is 9.88 Å². The minimum absolute atomic E-state index is 0.0684. The van der Waals surface area contributed by atoms with Crippen molar-refractivity contribution in [2.45, 2.75) is 19.5 Å². The lowest BCUT2D eigenvalue weighted by molar-refractivity contribution is 0.317. The molecule has 4 rings (SSSR count). The van der Waals surface area contributed by atoms with E-state index in [9.17, 15) is 0 Å². The van der Waals surface area contributed by atoms with Crippen LogP contribution in [0.25, 0.3) is 0 Å². The van der Waals surface area contributed by atoms with E-state index in [0.717, 1.165) is 42.4 Å². The van der Waals surface area contributed by atoms with Crippen molar-refractivity contribution in [2.24, 2.45) is 4.99 Å². The number of nitrogens with one attached hydrogen (secondary N) is 1. The van der Waals surface area contributed by atoms with E-state index in [-0.39, 0.29) is 6.17 Å². The zero-order valence-electron chi connectivity index (χ0n) is 12.1. The van der Waals surface area contributed by atoms with Crippen LogP contribution in [-0.4, -0.2) is 28.8 Å². The highest BCUT2D eigenvalue weighted by atomic mass is 15.3. The maximum absolute atomic E-state index is 4.77. The summed E-state index contributed by atoms with van der Waals surface area (Å²) in [7, 11) is 0. The fraction of sp³-hybridized carbons (Fsp3) is 0.294. The van der Waals surface area contributed by atoms with Crippen molar-refractivity contribution in [1.29, 1.82) is 0 Å². The van der Waals surface area contributed by atoms with E-state index in [2.05, 4.69) is 46.6 Å². The number of hydrogen-bond acceptors (Lipinski definition) is 4. The van der Waals surface area contributed by atoms with Gasteiger partial charge < -0.3 is 10.2 Å². The molecule has 21 heavy (non-hydrogen) atoms. The number of para-hydroxylation sites is 1. The van der Waals surface area contributed by atoms with Crippen LogP contribution in [0, 0.1) is 6.92 Å². The molecule has 1 unspecified atom stereocenters. The molecular weight excluding hydrogens is 260 g/mol. The van der Waals surface area contributed by atoms with Gasteiger partial charge in [-0.15, -0.1) is 0 Å². The number of pyridine rings is 1. The number of aromatic nitrogens is 1. The van der Waals surface area contributed by atoms with Crippen LogP contribution in [0.2, 0.25) is 0 Å². The average molecular weight is 278 g/mol. The summed E-state index contributed by atoms with van der Waals surface area (Å²) >= 11 is 0. The summed E-state index contributed by atoms with van der Waals surface area (Å²) < 4.78 is 0. The number of aliphatic imine (C=N–C) groups is 1. The number of amidine groups is 1. The van der Waals surface area contributed by atoms with Crippen LogP contribution >= 0.6 is 0 Å². The Kier molecular flexibility index (Phi) is 2.88. The summed E-state index contributed by atoms with van der Waals surface area (Å²) in [6, 6.07) is 14.6. The molecule has 2 aliphatic rings. The molecule has 0 aliphatic carbocycles. The third kappa shape index (κ3) is 2.07. The number of anilines is 1. The SMILES string of the molecule is Cc1cccc(C2Nc3ccccc3C3=NCCCN32)n1. The molecule has 0 spiro atoms. The van der Waals surface area contributed by atoms with Gasteiger partial charge in [0.1, 0.15) is 12.0 Å². The Morgan fingerprint density at radius 2 is 2.05 bits per heavy atom. The predicted octanol–water partition coefficient (Wildman–Crippen LogP) is 2.97.